The number of aliphatic hydroxyl groups is 1. The van der Waals surface area contributed by atoms with Crippen LogP contribution in [0.25, 0.3) is 0 Å². The molecule has 1 fully saturated rings. The van der Waals surface area contributed by atoms with Crippen molar-refractivity contribution >= 4 is 5.91 Å². The van der Waals surface area contributed by atoms with Crippen LogP contribution in [-0.2, 0) is 0 Å². The molecule has 21 heavy (non-hydrogen) atoms. The average molecular weight is 291 g/mol. The number of nitrogens with one attached hydrogen (secondary N) is 1. The molecule has 1 aliphatic carbocycles. The second-order valence-electron chi connectivity index (χ2n) is 6.20. The molecule has 2 rings (SSSR count). The van der Waals surface area contributed by atoms with Crippen LogP contribution in [0.4, 0.5) is 0 Å². The first-order valence-electron chi connectivity index (χ1n) is 7.72. The predicted molar refractivity (Wildman–Crippen MR) is 82.5 cm³/mol. The molecule has 0 spiro atoms. The number of aliphatic hydroxyl groups excluding tert-OH is 1. The molecule has 1 unspecified atom stereocenters. The van der Waals surface area contributed by atoms with Gasteiger partial charge in [0.2, 0.25) is 0 Å². The van der Waals surface area contributed by atoms with E-state index in [4.69, 9.17) is 4.74 Å². The Kier molecular flexibility index (Phi) is 5.23. The fourth-order valence-electron chi connectivity index (χ4n) is 2.28. The van der Waals surface area contributed by atoms with E-state index in [0.29, 0.717) is 11.5 Å². The summed E-state index contributed by atoms with van der Waals surface area (Å²) >= 11 is 0. The molecule has 4 nitrogen and oxygen atoms in total. The van der Waals surface area contributed by atoms with Gasteiger partial charge in [0.15, 0.2) is 0 Å². The third-order valence-electron chi connectivity index (χ3n) is 3.87. The van der Waals surface area contributed by atoms with E-state index in [9.17, 15) is 9.90 Å². The highest BCUT2D eigenvalue weighted by molar-refractivity contribution is 5.94. The second-order valence-corrected chi connectivity index (χ2v) is 6.20. The average Bonchev–Trinajstić information content (AvgIpc) is 3.30. The third-order valence-corrected chi connectivity index (χ3v) is 3.87. The van der Waals surface area contributed by atoms with E-state index in [1.54, 1.807) is 12.1 Å². The lowest BCUT2D eigenvalue weighted by molar-refractivity contribution is 0.0841. The van der Waals surface area contributed by atoms with Crippen molar-refractivity contribution < 1.29 is 14.6 Å². The SMILES string of the molecule is CCCC(C)(CO)NC(=O)c1ccc(OCC2CC2)cc1. The monoisotopic (exact) mass is 291 g/mol. The van der Waals surface area contributed by atoms with Crippen molar-refractivity contribution in [2.75, 3.05) is 13.2 Å². The maximum absolute atomic E-state index is 12.2. The number of benzene rings is 1. The third kappa shape index (κ3) is 4.74. The zero-order chi connectivity index (χ0) is 15.3. The molecule has 0 aliphatic heterocycles. The Morgan fingerprint density at radius 2 is 2.05 bits per heavy atom. The summed E-state index contributed by atoms with van der Waals surface area (Å²) in [5.74, 6) is 1.36. The van der Waals surface area contributed by atoms with Crippen molar-refractivity contribution in [3.63, 3.8) is 0 Å². The van der Waals surface area contributed by atoms with Crippen LogP contribution in [0.15, 0.2) is 24.3 Å². The van der Waals surface area contributed by atoms with Gasteiger partial charge in [-0.25, -0.2) is 0 Å². The minimum absolute atomic E-state index is 0.0604. The van der Waals surface area contributed by atoms with E-state index < -0.39 is 5.54 Å². The van der Waals surface area contributed by atoms with Gasteiger partial charge in [-0.3, -0.25) is 4.79 Å². The van der Waals surface area contributed by atoms with Crippen LogP contribution < -0.4 is 10.1 Å². The number of ether oxygens (including phenoxy) is 1. The minimum atomic E-state index is -0.563. The maximum atomic E-state index is 12.2. The predicted octanol–water partition coefficient (Wildman–Crippen LogP) is 2.76. The van der Waals surface area contributed by atoms with Gasteiger partial charge < -0.3 is 15.2 Å². The van der Waals surface area contributed by atoms with Gasteiger partial charge in [-0.15, -0.1) is 0 Å². The van der Waals surface area contributed by atoms with Crippen molar-refractivity contribution in [2.24, 2.45) is 5.92 Å². The normalized spacial score (nSPS) is 17.1. The van der Waals surface area contributed by atoms with Crippen LogP contribution in [0.5, 0.6) is 5.75 Å². The number of carbonyl (C=O) groups is 1. The van der Waals surface area contributed by atoms with Crippen LogP contribution in [0, 0.1) is 5.92 Å². The lowest BCUT2D eigenvalue weighted by atomic mass is 9.96. The molecule has 0 aromatic heterocycles. The summed E-state index contributed by atoms with van der Waals surface area (Å²) in [4.78, 5) is 12.2. The van der Waals surface area contributed by atoms with E-state index >= 15 is 0 Å². The van der Waals surface area contributed by atoms with Crippen LogP contribution in [-0.4, -0.2) is 29.8 Å². The molecule has 1 aromatic rings. The molecule has 0 radical (unpaired) electrons. The summed E-state index contributed by atoms with van der Waals surface area (Å²) in [6, 6.07) is 7.18. The fraction of sp³-hybridized carbons (Fsp3) is 0.588. The van der Waals surface area contributed by atoms with Crippen molar-refractivity contribution in [3.8, 4) is 5.75 Å². The molecule has 1 atom stereocenters. The zero-order valence-electron chi connectivity index (χ0n) is 12.9. The van der Waals surface area contributed by atoms with E-state index in [1.165, 1.54) is 12.8 Å². The molecule has 1 aromatic carbocycles. The number of hydrogen-bond acceptors (Lipinski definition) is 3. The topological polar surface area (TPSA) is 58.6 Å². The summed E-state index contributed by atoms with van der Waals surface area (Å²) in [5.41, 5.74) is 0.0250. The Morgan fingerprint density at radius 1 is 1.38 bits per heavy atom. The van der Waals surface area contributed by atoms with Crippen LogP contribution in [0.3, 0.4) is 0 Å². The van der Waals surface area contributed by atoms with Crippen LogP contribution in [0.1, 0.15) is 49.9 Å². The van der Waals surface area contributed by atoms with Crippen molar-refractivity contribution in [1.82, 2.24) is 5.32 Å². The van der Waals surface area contributed by atoms with Gasteiger partial charge in [-0.2, -0.15) is 0 Å². The molecule has 0 bridgehead atoms. The van der Waals surface area contributed by atoms with Crippen LogP contribution >= 0.6 is 0 Å². The van der Waals surface area contributed by atoms with Crippen molar-refractivity contribution in [3.05, 3.63) is 29.8 Å². The zero-order valence-corrected chi connectivity index (χ0v) is 12.9. The van der Waals surface area contributed by atoms with E-state index in [0.717, 1.165) is 25.2 Å². The van der Waals surface area contributed by atoms with Crippen molar-refractivity contribution in [1.29, 1.82) is 0 Å². The molecule has 116 valence electrons. The largest absolute Gasteiger partial charge is 0.493 e. The minimum Gasteiger partial charge on any atom is -0.493 e. The summed E-state index contributed by atoms with van der Waals surface area (Å²) in [7, 11) is 0. The number of rotatable bonds is 8. The number of amides is 1. The lowest BCUT2D eigenvalue weighted by Gasteiger charge is -2.28. The van der Waals surface area contributed by atoms with E-state index in [-0.39, 0.29) is 12.5 Å². The molecule has 1 aliphatic rings. The molecule has 4 heteroatoms. The summed E-state index contributed by atoms with van der Waals surface area (Å²) in [5, 5.41) is 12.4. The van der Waals surface area contributed by atoms with E-state index in [1.807, 2.05) is 26.0 Å². The fourth-order valence-corrected chi connectivity index (χ4v) is 2.28. The first kappa shape index (κ1) is 15.8. The summed E-state index contributed by atoms with van der Waals surface area (Å²) in [6.45, 7) is 4.60. The summed E-state index contributed by atoms with van der Waals surface area (Å²) < 4.78 is 5.65. The standard InChI is InChI=1S/C17H25NO3/c1-3-10-17(2,12-19)18-16(20)14-6-8-15(9-7-14)21-11-13-4-5-13/h6-9,13,19H,3-5,10-12H2,1-2H3,(H,18,20). The molecule has 1 amide bonds. The van der Waals surface area contributed by atoms with Gasteiger partial charge >= 0.3 is 0 Å². The molecule has 0 heterocycles. The molecular weight excluding hydrogens is 266 g/mol. The Bertz CT molecular complexity index is 467. The van der Waals surface area contributed by atoms with E-state index in [2.05, 4.69) is 5.32 Å². The lowest BCUT2D eigenvalue weighted by Crippen LogP contribution is -2.48. The van der Waals surface area contributed by atoms with Crippen molar-refractivity contribution in [2.45, 2.75) is 45.1 Å². The molecule has 2 N–H and O–H groups in total. The first-order chi connectivity index (χ1) is 10.1. The number of carbonyl (C=O) groups excluding carboxylic acids is 1. The maximum Gasteiger partial charge on any atom is 0.251 e. The van der Waals surface area contributed by atoms with Gasteiger partial charge in [0.1, 0.15) is 5.75 Å². The Balaban J connectivity index is 1.91. The summed E-state index contributed by atoms with van der Waals surface area (Å²) in [6.07, 6.45) is 4.18. The second kappa shape index (κ2) is 6.94. The molecular formula is C17H25NO3. The smallest absolute Gasteiger partial charge is 0.251 e. The van der Waals surface area contributed by atoms with Gasteiger partial charge in [0.25, 0.3) is 5.91 Å². The van der Waals surface area contributed by atoms with Gasteiger partial charge in [-0.1, -0.05) is 13.3 Å². The molecule has 1 saturated carbocycles. The number of hydrogen-bond donors (Lipinski definition) is 2. The Hall–Kier alpha value is -1.55. The van der Waals surface area contributed by atoms with Gasteiger partial charge in [0.05, 0.1) is 18.8 Å². The highest BCUT2D eigenvalue weighted by atomic mass is 16.5. The van der Waals surface area contributed by atoms with Gasteiger partial charge in [-0.05, 0) is 56.4 Å². The quantitative estimate of drug-likeness (QED) is 0.774. The Labute approximate surface area is 126 Å². The highest BCUT2D eigenvalue weighted by Gasteiger charge is 2.25. The highest BCUT2D eigenvalue weighted by Crippen LogP contribution is 2.29. The first-order valence-corrected chi connectivity index (χ1v) is 7.72. The Morgan fingerprint density at radius 3 is 2.57 bits per heavy atom. The molecule has 0 saturated heterocycles. The van der Waals surface area contributed by atoms with Gasteiger partial charge in [0, 0.05) is 5.56 Å². The van der Waals surface area contributed by atoms with Crippen LogP contribution in [0.2, 0.25) is 0 Å².